The fraction of sp³-hybridized carbons (Fsp3) is 0.143. The highest BCUT2D eigenvalue weighted by atomic mass is 32.2. The first-order valence-corrected chi connectivity index (χ1v) is 9.57. The van der Waals surface area contributed by atoms with E-state index in [-0.39, 0.29) is 5.56 Å². The molecule has 0 spiro atoms. The van der Waals surface area contributed by atoms with Gasteiger partial charge in [-0.05, 0) is 36.8 Å². The third-order valence-corrected chi connectivity index (χ3v) is 5.18. The van der Waals surface area contributed by atoms with Gasteiger partial charge in [-0.25, -0.2) is 0 Å². The zero-order valence-electron chi connectivity index (χ0n) is 14.9. The number of benzene rings is 2. The highest BCUT2D eigenvalue weighted by molar-refractivity contribution is 7.99. The fourth-order valence-corrected chi connectivity index (χ4v) is 3.70. The Morgan fingerprint density at radius 3 is 2.56 bits per heavy atom. The van der Waals surface area contributed by atoms with Crippen LogP contribution in [0.5, 0.6) is 0 Å². The zero-order chi connectivity index (χ0) is 18.6. The average Bonchev–Trinajstić information content (AvgIpc) is 3.12. The van der Waals surface area contributed by atoms with Gasteiger partial charge >= 0.3 is 0 Å². The van der Waals surface area contributed by atoms with E-state index in [0.29, 0.717) is 18.9 Å². The molecule has 0 aliphatic rings. The molecule has 4 rings (SSSR count). The molecule has 0 aliphatic carbocycles. The minimum absolute atomic E-state index is 0.166. The number of rotatable bonds is 6. The van der Waals surface area contributed by atoms with Crippen molar-refractivity contribution in [2.24, 2.45) is 0 Å². The number of nitrogens with one attached hydrogen (secondary N) is 1. The Bertz CT molecular complexity index is 1100. The Labute approximate surface area is 161 Å². The molecule has 2 aromatic carbocycles. The Hall–Kier alpha value is -2.83. The van der Waals surface area contributed by atoms with Gasteiger partial charge in [0.05, 0.1) is 12.8 Å². The maximum Gasteiger partial charge on any atom is 0.274 e. The summed E-state index contributed by atoms with van der Waals surface area (Å²) in [4.78, 5) is 17.9. The summed E-state index contributed by atoms with van der Waals surface area (Å²) in [6.45, 7) is 2.90. The van der Waals surface area contributed by atoms with E-state index in [2.05, 4.69) is 46.5 Å². The largest absolute Gasteiger partial charge is 0.376 e. The van der Waals surface area contributed by atoms with E-state index in [1.54, 1.807) is 18.0 Å². The monoisotopic (exact) mass is 377 g/mol. The molecular weight excluding hydrogens is 358 g/mol. The van der Waals surface area contributed by atoms with Crippen LogP contribution in [0.4, 0.5) is 0 Å². The van der Waals surface area contributed by atoms with Crippen LogP contribution < -0.4 is 5.56 Å². The Morgan fingerprint density at radius 1 is 1.07 bits per heavy atom. The average molecular weight is 377 g/mol. The van der Waals surface area contributed by atoms with Crippen LogP contribution in [0.15, 0.2) is 81.4 Å². The summed E-state index contributed by atoms with van der Waals surface area (Å²) >= 11 is 1.72. The van der Waals surface area contributed by atoms with Crippen LogP contribution >= 0.6 is 11.8 Å². The fourth-order valence-electron chi connectivity index (χ4n) is 2.86. The van der Waals surface area contributed by atoms with Crippen LogP contribution in [0.3, 0.4) is 0 Å². The van der Waals surface area contributed by atoms with Crippen molar-refractivity contribution in [1.29, 1.82) is 0 Å². The lowest BCUT2D eigenvalue weighted by molar-refractivity contribution is 0.131. The van der Waals surface area contributed by atoms with Crippen molar-refractivity contribution in [1.82, 2.24) is 14.6 Å². The summed E-state index contributed by atoms with van der Waals surface area (Å²) in [5.74, 6) is 0. The van der Waals surface area contributed by atoms with E-state index in [0.717, 1.165) is 21.7 Å². The van der Waals surface area contributed by atoms with Crippen molar-refractivity contribution in [2.75, 3.05) is 6.61 Å². The number of hydrogen-bond donors (Lipinski definition) is 1. The molecule has 27 heavy (non-hydrogen) atoms. The summed E-state index contributed by atoms with van der Waals surface area (Å²) in [7, 11) is 0. The molecule has 0 amide bonds. The normalized spacial score (nSPS) is 11.1. The van der Waals surface area contributed by atoms with Gasteiger partial charge in [0, 0.05) is 33.7 Å². The summed E-state index contributed by atoms with van der Waals surface area (Å²) < 4.78 is 6.80. The predicted octanol–water partition coefficient (Wildman–Crippen LogP) is 4.38. The van der Waals surface area contributed by atoms with E-state index in [1.807, 2.05) is 25.1 Å². The molecule has 0 radical (unpaired) electrons. The van der Waals surface area contributed by atoms with Gasteiger partial charge < -0.3 is 9.72 Å². The molecule has 0 saturated heterocycles. The molecule has 1 N–H and O–H groups in total. The Kier molecular flexibility index (Phi) is 5.09. The van der Waals surface area contributed by atoms with Gasteiger partial charge in [-0.2, -0.15) is 9.61 Å². The minimum Gasteiger partial charge on any atom is -0.376 e. The molecule has 0 bridgehead atoms. The second kappa shape index (κ2) is 7.82. The first kappa shape index (κ1) is 17.6. The van der Waals surface area contributed by atoms with Gasteiger partial charge in [-0.15, -0.1) is 0 Å². The number of H-pyrrole nitrogens is 1. The highest BCUT2D eigenvalue weighted by Gasteiger charge is 2.11. The third-order valence-electron chi connectivity index (χ3n) is 4.16. The summed E-state index contributed by atoms with van der Waals surface area (Å²) in [5, 5.41) is 4.23. The van der Waals surface area contributed by atoms with Crippen molar-refractivity contribution in [3.63, 3.8) is 0 Å². The van der Waals surface area contributed by atoms with Gasteiger partial charge in [0.2, 0.25) is 0 Å². The maximum absolute atomic E-state index is 12.3. The zero-order valence-corrected chi connectivity index (χ0v) is 15.7. The van der Waals surface area contributed by atoms with Crippen LogP contribution in [0.25, 0.3) is 16.8 Å². The molecule has 0 aliphatic heterocycles. The van der Waals surface area contributed by atoms with Gasteiger partial charge in [0.25, 0.3) is 5.56 Å². The molecule has 2 heterocycles. The van der Waals surface area contributed by atoms with Crippen molar-refractivity contribution >= 4 is 17.4 Å². The standard InChI is InChI=1S/C21H19N3O2S/c1-2-26-14-16-12-20(25)24-21(23-16)19(13-22-24)15-8-10-18(11-9-15)27-17-6-4-3-5-7-17/h3-13,23H,2,14H2,1H3. The smallest absolute Gasteiger partial charge is 0.274 e. The second-order valence-corrected chi connectivity index (χ2v) is 7.18. The number of fused-ring (bicyclic) bond motifs is 1. The minimum atomic E-state index is -0.166. The molecule has 0 fully saturated rings. The Balaban J connectivity index is 1.65. The lowest BCUT2D eigenvalue weighted by Crippen LogP contribution is -2.16. The van der Waals surface area contributed by atoms with Crippen molar-refractivity contribution in [2.45, 2.75) is 23.3 Å². The summed E-state index contributed by atoms with van der Waals surface area (Å²) in [6.07, 6.45) is 1.72. The van der Waals surface area contributed by atoms with Crippen molar-refractivity contribution < 1.29 is 4.74 Å². The maximum atomic E-state index is 12.3. The molecule has 5 nitrogen and oxygen atoms in total. The van der Waals surface area contributed by atoms with Gasteiger partial charge in [0.1, 0.15) is 5.65 Å². The van der Waals surface area contributed by atoms with Gasteiger partial charge in [-0.3, -0.25) is 4.79 Å². The topological polar surface area (TPSA) is 59.4 Å². The lowest BCUT2D eigenvalue weighted by Gasteiger charge is -2.06. The predicted molar refractivity (Wildman–Crippen MR) is 107 cm³/mol. The van der Waals surface area contributed by atoms with Gasteiger partial charge in [-0.1, -0.05) is 42.1 Å². The van der Waals surface area contributed by atoms with Gasteiger partial charge in [0.15, 0.2) is 0 Å². The number of nitrogens with zero attached hydrogens (tertiary/aromatic N) is 2. The van der Waals surface area contributed by atoms with E-state index in [9.17, 15) is 4.79 Å². The molecule has 0 saturated carbocycles. The van der Waals surface area contributed by atoms with E-state index in [4.69, 9.17) is 4.74 Å². The summed E-state index contributed by atoms with van der Waals surface area (Å²) in [6, 6.07) is 20.1. The van der Waals surface area contributed by atoms with Crippen LogP contribution in [0.1, 0.15) is 12.6 Å². The van der Waals surface area contributed by atoms with E-state index in [1.165, 1.54) is 15.5 Å². The van der Waals surface area contributed by atoms with Crippen molar-refractivity contribution in [3.8, 4) is 11.1 Å². The first-order chi connectivity index (χ1) is 13.2. The number of aromatic nitrogens is 3. The number of ether oxygens (including phenoxy) is 1. The SMILES string of the molecule is CCOCc1cc(=O)n2ncc(-c3ccc(Sc4ccccc4)cc3)c2[nH]1. The number of aromatic amines is 1. The Morgan fingerprint density at radius 2 is 1.81 bits per heavy atom. The lowest BCUT2D eigenvalue weighted by atomic mass is 10.1. The number of hydrogen-bond acceptors (Lipinski definition) is 4. The molecule has 0 unspecified atom stereocenters. The molecule has 4 aromatic rings. The first-order valence-electron chi connectivity index (χ1n) is 8.75. The molecule has 2 aromatic heterocycles. The molecule has 0 atom stereocenters. The summed E-state index contributed by atoms with van der Waals surface area (Å²) in [5.41, 5.74) is 3.15. The van der Waals surface area contributed by atoms with E-state index < -0.39 is 0 Å². The van der Waals surface area contributed by atoms with Crippen LogP contribution in [-0.2, 0) is 11.3 Å². The third kappa shape index (κ3) is 3.82. The second-order valence-electron chi connectivity index (χ2n) is 6.03. The quantitative estimate of drug-likeness (QED) is 0.542. The molecule has 6 heteroatoms. The van der Waals surface area contributed by atoms with Crippen LogP contribution in [0, 0.1) is 0 Å². The highest BCUT2D eigenvalue weighted by Crippen LogP contribution is 2.30. The molecule has 136 valence electrons. The van der Waals surface area contributed by atoms with Crippen LogP contribution in [-0.4, -0.2) is 21.2 Å². The van der Waals surface area contributed by atoms with E-state index >= 15 is 0 Å². The van der Waals surface area contributed by atoms with Crippen LogP contribution in [0.2, 0.25) is 0 Å². The van der Waals surface area contributed by atoms with Crippen molar-refractivity contribution in [3.05, 3.63) is 82.9 Å². The molecular formula is C21H19N3O2S.